The summed E-state index contributed by atoms with van der Waals surface area (Å²) in [7, 11) is 0. The molecule has 0 saturated carbocycles. The summed E-state index contributed by atoms with van der Waals surface area (Å²) in [5.74, 6) is -2.06. The fourth-order valence-electron chi connectivity index (χ4n) is 4.23. The van der Waals surface area contributed by atoms with Crippen molar-refractivity contribution >= 4 is 29.3 Å². The number of halogens is 1. The van der Waals surface area contributed by atoms with E-state index in [1.54, 1.807) is 29.2 Å². The molecule has 1 unspecified atom stereocenters. The number of nitrogens with zero attached hydrogens (tertiary/aromatic N) is 2. The first-order valence-electron chi connectivity index (χ1n) is 10.7. The molecule has 0 aliphatic carbocycles. The monoisotopic (exact) mass is 457 g/mol. The Bertz CT molecular complexity index is 1380. The van der Waals surface area contributed by atoms with E-state index < -0.39 is 23.8 Å². The van der Waals surface area contributed by atoms with Crippen molar-refractivity contribution in [1.29, 1.82) is 0 Å². The van der Waals surface area contributed by atoms with Gasteiger partial charge in [-0.25, -0.2) is 9.38 Å². The molecule has 3 N–H and O–H groups in total. The summed E-state index contributed by atoms with van der Waals surface area (Å²) < 4.78 is 14.8. The minimum atomic E-state index is -1.25. The van der Waals surface area contributed by atoms with Crippen LogP contribution in [0, 0.1) is 5.82 Å². The maximum absolute atomic E-state index is 14.8. The van der Waals surface area contributed by atoms with Crippen molar-refractivity contribution in [3.05, 3.63) is 94.8 Å². The molecule has 0 spiro atoms. The molecule has 2 heterocycles. The molecular weight excluding hydrogens is 437 g/mol. The first kappa shape index (κ1) is 21.4. The number of rotatable bonds is 4. The van der Waals surface area contributed by atoms with Gasteiger partial charge < -0.3 is 20.4 Å². The highest BCUT2D eigenvalue weighted by molar-refractivity contribution is 6.21. The molecule has 8 heteroatoms. The second-order valence-electron chi connectivity index (χ2n) is 8.00. The van der Waals surface area contributed by atoms with Crippen LogP contribution in [0.3, 0.4) is 0 Å². The number of carbonyl (C=O) groups excluding carboxylic acids is 2. The number of aromatic hydroxyl groups is 2. The fourth-order valence-corrected chi connectivity index (χ4v) is 4.23. The Kier molecular flexibility index (Phi) is 5.33. The van der Waals surface area contributed by atoms with Crippen LogP contribution in [0.4, 0.5) is 10.1 Å². The van der Waals surface area contributed by atoms with E-state index in [1.807, 2.05) is 12.1 Å². The second kappa shape index (κ2) is 8.47. The van der Waals surface area contributed by atoms with Gasteiger partial charge in [0.05, 0.1) is 11.4 Å². The molecule has 0 radical (unpaired) electrons. The van der Waals surface area contributed by atoms with E-state index >= 15 is 0 Å². The fraction of sp³-hybridized carbons (Fsp3) is 0.115. The lowest BCUT2D eigenvalue weighted by Crippen LogP contribution is -2.46. The van der Waals surface area contributed by atoms with Gasteiger partial charge in [-0.05, 0) is 47.9 Å². The third-order valence-electron chi connectivity index (χ3n) is 5.84. The van der Waals surface area contributed by atoms with Crippen molar-refractivity contribution in [2.75, 3.05) is 11.4 Å². The van der Waals surface area contributed by atoms with Crippen molar-refractivity contribution in [1.82, 2.24) is 5.32 Å². The van der Waals surface area contributed by atoms with Gasteiger partial charge >= 0.3 is 0 Å². The molecule has 34 heavy (non-hydrogen) atoms. The highest BCUT2D eigenvalue weighted by Gasteiger charge is 2.37. The van der Waals surface area contributed by atoms with Crippen molar-refractivity contribution in [3.63, 3.8) is 0 Å². The first-order valence-corrected chi connectivity index (χ1v) is 10.7. The molecule has 0 aromatic heterocycles. The van der Waals surface area contributed by atoms with Gasteiger partial charge in [-0.3, -0.25) is 9.59 Å². The van der Waals surface area contributed by atoms with Crippen LogP contribution in [0.1, 0.15) is 22.3 Å². The zero-order valence-electron chi connectivity index (χ0n) is 17.9. The maximum Gasteiger partial charge on any atom is 0.272 e. The van der Waals surface area contributed by atoms with Crippen LogP contribution >= 0.6 is 0 Å². The Hall–Kier alpha value is -4.46. The molecule has 5 rings (SSSR count). The molecule has 170 valence electrons. The molecule has 0 bridgehead atoms. The number of carbonyl (C=O) groups is 2. The predicted molar refractivity (Wildman–Crippen MR) is 125 cm³/mol. The van der Waals surface area contributed by atoms with E-state index in [9.17, 15) is 24.2 Å². The second-order valence-corrected chi connectivity index (χ2v) is 8.00. The quantitative estimate of drug-likeness (QED) is 0.414. The number of para-hydroxylation sites is 1. The zero-order chi connectivity index (χ0) is 23.8. The normalized spacial score (nSPS) is 16.9. The first-order chi connectivity index (χ1) is 16.4. The highest BCUT2D eigenvalue weighted by Crippen LogP contribution is 2.36. The van der Waals surface area contributed by atoms with Gasteiger partial charge in [0.25, 0.3) is 5.91 Å². The van der Waals surface area contributed by atoms with Crippen LogP contribution in [0.15, 0.2) is 71.7 Å². The molecule has 2 aliphatic heterocycles. The van der Waals surface area contributed by atoms with Crippen molar-refractivity contribution in [3.8, 4) is 11.5 Å². The Labute approximate surface area is 194 Å². The molecule has 3 aromatic rings. The summed E-state index contributed by atoms with van der Waals surface area (Å²) in [5.41, 5.74) is 3.32. The molecule has 0 saturated heterocycles. The van der Waals surface area contributed by atoms with Crippen LogP contribution in [-0.2, 0) is 16.0 Å². The summed E-state index contributed by atoms with van der Waals surface area (Å²) in [6, 6.07) is 15.9. The smallest absolute Gasteiger partial charge is 0.272 e. The van der Waals surface area contributed by atoms with Crippen molar-refractivity contribution in [2.24, 2.45) is 4.99 Å². The minimum absolute atomic E-state index is 0.242. The molecule has 2 amide bonds. The maximum atomic E-state index is 14.8. The van der Waals surface area contributed by atoms with E-state index in [0.29, 0.717) is 35.5 Å². The van der Waals surface area contributed by atoms with Crippen LogP contribution in [0.5, 0.6) is 11.5 Å². The van der Waals surface area contributed by atoms with E-state index in [-0.39, 0.29) is 17.1 Å². The summed E-state index contributed by atoms with van der Waals surface area (Å²) in [4.78, 5) is 32.1. The predicted octanol–water partition coefficient (Wildman–Crippen LogP) is 3.13. The lowest BCUT2D eigenvalue weighted by molar-refractivity contribution is -0.125. The molecule has 7 nitrogen and oxygen atoms in total. The highest BCUT2D eigenvalue weighted by atomic mass is 19.1. The van der Waals surface area contributed by atoms with Gasteiger partial charge in [0, 0.05) is 23.7 Å². The Balaban J connectivity index is 1.51. The number of benzene rings is 3. The number of phenols is 2. The van der Waals surface area contributed by atoms with Gasteiger partial charge in [0.15, 0.2) is 11.5 Å². The van der Waals surface area contributed by atoms with Crippen molar-refractivity contribution < 1.29 is 24.2 Å². The number of aliphatic imine (C=N–C) groups is 1. The lowest BCUT2D eigenvalue weighted by Gasteiger charge is -2.20. The minimum Gasteiger partial charge on any atom is -0.504 e. The number of hydrogen-bond donors (Lipinski definition) is 3. The Morgan fingerprint density at radius 2 is 1.85 bits per heavy atom. The summed E-state index contributed by atoms with van der Waals surface area (Å²) in [6.45, 7) is 0.445. The molecule has 1 atom stereocenters. The zero-order valence-corrected chi connectivity index (χ0v) is 17.9. The largest absolute Gasteiger partial charge is 0.504 e. The number of phenolic OH excluding ortho intramolecular Hbond substituents is 2. The summed E-state index contributed by atoms with van der Waals surface area (Å²) >= 11 is 0. The van der Waals surface area contributed by atoms with E-state index in [2.05, 4.69) is 10.3 Å². The van der Waals surface area contributed by atoms with Gasteiger partial charge in [0.1, 0.15) is 5.82 Å². The average molecular weight is 457 g/mol. The van der Waals surface area contributed by atoms with Gasteiger partial charge in [-0.2, -0.15) is 0 Å². The van der Waals surface area contributed by atoms with E-state index in [4.69, 9.17) is 0 Å². The third kappa shape index (κ3) is 3.79. The van der Waals surface area contributed by atoms with Crippen LogP contribution in [-0.4, -0.2) is 40.4 Å². The number of nitrogens with one attached hydrogen (secondary N) is 1. The summed E-state index contributed by atoms with van der Waals surface area (Å²) in [5, 5.41) is 21.6. The number of hydrogen-bond acceptors (Lipinski definition) is 5. The van der Waals surface area contributed by atoms with Gasteiger partial charge in [-0.15, -0.1) is 0 Å². The van der Waals surface area contributed by atoms with Crippen molar-refractivity contribution in [2.45, 2.75) is 12.6 Å². The third-order valence-corrected chi connectivity index (χ3v) is 5.84. The van der Waals surface area contributed by atoms with Gasteiger partial charge in [-0.1, -0.05) is 36.4 Å². The Morgan fingerprint density at radius 3 is 2.65 bits per heavy atom. The standard InChI is InChI=1S/C26H20FN3O4/c27-19-7-2-1-5-17(19)23-18-6-3-4-16-12-13-30(24(16)18)26(34)25(29-23)28-22(33)11-9-15-8-10-20(31)21(32)14-15/h1-11,14,25,31-32H,12-13H2,(H,28,33)/b11-9+. The SMILES string of the molecule is O=C(/C=C/c1ccc(O)c(O)c1)NC1N=C(c2ccccc2F)c2cccc3c2N(CC3)C1=O. The molecule has 2 aliphatic rings. The lowest BCUT2D eigenvalue weighted by atomic mass is 9.98. The van der Waals surface area contributed by atoms with Crippen LogP contribution < -0.4 is 10.2 Å². The average Bonchev–Trinajstić information content (AvgIpc) is 3.22. The number of anilines is 1. The topological polar surface area (TPSA) is 102 Å². The Morgan fingerprint density at radius 1 is 1.06 bits per heavy atom. The van der Waals surface area contributed by atoms with Gasteiger partial charge in [0.2, 0.25) is 12.1 Å². The molecule has 3 aromatic carbocycles. The molecule has 0 fully saturated rings. The van der Waals surface area contributed by atoms with E-state index in [0.717, 1.165) is 5.56 Å². The van der Waals surface area contributed by atoms with E-state index in [1.165, 1.54) is 36.4 Å². The summed E-state index contributed by atoms with van der Waals surface area (Å²) in [6.07, 6.45) is 2.04. The van der Waals surface area contributed by atoms with Crippen LogP contribution in [0.2, 0.25) is 0 Å². The molecular formula is C26H20FN3O4. The number of amides is 2. The van der Waals surface area contributed by atoms with Crippen LogP contribution in [0.25, 0.3) is 6.08 Å².